The van der Waals surface area contributed by atoms with Crippen LogP contribution in [0.4, 0.5) is 4.79 Å². The van der Waals surface area contributed by atoms with Crippen LogP contribution in [0.3, 0.4) is 0 Å². The van der Waals surface area contributed by atoms with Gasteiger partial charge in [-0.25, -0.2) is 4.79 Å². The SMILES string of the molecule is CCN(CC(C)C(=O)O)C(=O)NCCN1CCCCC1. The number of carboxylic acid groups (broad SMARTS) is 1. The molecule has 0 spiro atoms. The van der Waals surface area contributed by atoms with Crippen LogP contribution in [0.25, 0.3) is 0 Å². The molecule has 116 valence electrons. The molecule has 0 aromatic heterocycles. The summed E-state index contributed by atoms with van der Waals surface area (Å²) in [4.78, 5) is 26.7. The van der Waals surface area contributed by atoms with Crippen LogP contribution in [-0.4, -0.2) is 66.2 Å². The lowest BCUT2D eigenvalue weighted by atomic mass is 10.1. The molecule has 0 aromatic carbocycles. The number of amides is 2. The summed E-state index contributed by atoms with van der Waals surface area (Å²) in [5.74, 6) is -1.41. The first-order valence-electron chi connectivity index (χ1n) is 7.52. The molecule has 1 aliphatic rings. The van der Waals surface area contributed by atoms with Crippen molar-refractivity contribution in [2.45, 2.75) is 33.1 Å². The summed E-state index contributed by atoms with van der Waals surface area (Å²) in [6.45, 7) is 7.97. The lowest BCUT2D eigenvalue weighted by molar-refractivity contribution is -0.141. The van der Waals surface area contributed by atoms with Crippen molar-refractivity contribution < 1.29 is 14.7 Å². The molecule has 1 aliphatic heterocycles. The number of hydrogen-bond donors (Lipinski definition) is 2. The summed E-state index contributed by atoms with van der Waals surface area (Å²) < 4.78 is 0. The monoisotopic (exact) mass is 285 g/mol. The van der Waals surface area contributed by atoms with Gasteiger partial charge in [0.05, 0.1) is 5.92 Å². The van der Waals surface area contributed by atoms with Crippen LogP contribution in [0, 0.1) is 5.92 Å². The Morgan fingerprint density at radius 1 is 1.30 bits per heavy atom. The highest BCUT2D eigenvalue weighted by atomic mass is 16.4. The van der Waals surface area contributed by atoms with E-state index in [0.717, 1.165) is 19.6 Å². The van der Waals surface area contributed by atoms with E-state index in [1.807, 2.05) is 6.92 Å². The van der Waals surface area contributed by atoms with Gasteiger partial charge in [-0.3, -0.25) is 4.79 Å². The number of likely N-dealkylation sites (tertiary alicyclic amines) is 1. The minimum absolute atomic E-state index is 0.169. The fraction of sp³-hybridized carbons (Fsp3) is 0.857. The van der Waals surface area contributed by atoms with Crippen molar-refractivity contribution in [3.05, 3.63) is 0 Å². The van der Waals surface area contributed by atoms with Crippen LogP contribution < -0.4 is 5.32 Å². The van der Waals surface area contributed by atoms with E-state index < -0.39 is 11.9 Å². The molecule has 2 N–H and O–H groups in total. The summed E-state index contributed by atoms with van der Waals surface area (Å²) in [5, 5.41) is 11.8. The molecular formula is C14H27N3O3. The van der Waals surface area contributed by atoms with Crippen molar-refractivity contribution in [1.82, 2.24) is 15.1 Å². The van der Waals surface area contributed by atoms with Gasteiger partial charge in [-0.1, -0.05) is 13.3 Å². The summed E-state index contributed by atoms with van der Waals surface area (Å²) in [7, 11) is 0. The Bertz CT molecular complexity index is 317. The molecule has 1 rings (SSSR count). The Labute approximate surface area is 121 Å². The number of carbonyl (C=O) groups excluding carboxylic acids is 1. The van der Waals surface area contributed by atoms with Crippen molar-refractivity contribution in [2.24, 2.45) is 5.92 Å². The third-order valence-electron chi connectivity index (χ3n) is 3.74. The van der Waals surface area contributed by atoms with Crippen LogP contribution in [0.2, 0.25) is 0 Å². The second-order valence-electron chi connectivity index (χ2n) is 5.41. The first-order valence-corrected chi connectivity index (χ1v) is 7.52. The average molecular weight is 285 g/mol. The fourth-order valence-electron chi connectivity index (χ4n) is 2.38. The first-order chi connectivity index (χ1) is 9.54. The van der Waals surface area contributed by atoms with Gasteiger partial charge in [0.1, 0.15) is 0 Å². The van der Waals surface area contributed by atoms with Gasteiger partial charge in [-0.05, 0) is 32.9 Å². The lowest BCUT2D eigenvalue weighted by Crippen LogP contribution is -2.45. The highest BCUT2D eigenvalue weighted by Crippen LogP contribution is 2.07. The van der Waals surface area contributed by atoms with E-state index in [4.69, 9.17) is 5.11 Å². The van der Waals surface area contributed by atoms with Crippen LogP contribution in [0.15, 0.2) is 0 Å². The second kappa shape index (κ2) is 8.79. The molecule has 1 saturated heterocycles. The summed E-state index contributed by atoms with van der Waals surface area (Å²) in [6.07, 6.45) is 3.79. The molecule has 1 atom stereocenters. The number of carbonyl (C=O) groups is 2. The molecular weight excluding hydrogens is 258 g/mol. The van der Waals surface area contributed by atoms with E-state index in [1.165, 1.54) is 19.3 Å². The van der Waals surface area contributed by atoms with Crippen LogP contribution >= 0.6 is 0 Å². The maximum atomic E-state index is 12.0. The Morgan fingerprint density at radius 2 is 1.95 bits per heavy atom. The van der Waals surface area contributed by atoms with E-state index >= 15 is 0 Å². The second-order valence-corrected chi connectivity index (χ2v) is 5.41. The van der Waals surface area contributed by atoms with Crippen molar-refractivity contribution in [3.8, 4) is 0 Å². The summed E-state index contributed by atoms with van der Waals surface area (Å²) in [6, 6.07) is -0.169. The molecule has 6 heteroatoms. The minimum atomic E-state index is -0.871. The maximum Gasteiger partial charge on any atom is 0.317 e. The van der Waals surface area contributed by atoms with Gasteiger partial charge in [0, 0.05) is 26.2 Å². The molecule has 2 amide bonds. The average Bonchev–Trinajstić information content (AvgIpc) is 2.45. The number of rotatable bonds is 7. The molecule has 0 aromatic rings. The lowest BCUT2D eigenvalue weighted by Gasteiger charge is -2.27. The van der Waals surface area contributed by atoms with E-state index in [9.17, 15) is 9.59 Å². The largest absolute Gasteiger partial charge is 0.481 e. The first kappa shape index (κ1) is 16.8. The van der Waals surface area contributed by atoms with Gasteiger partial charge < -0.3 is 20.2 Å². The third-order valence-corrected chi connectivity index (χ3v) is 3.74. The van der Waals surface area contributed by atoms with Crippen molar-refractivity contribution >= 4 is 12.0 Å². The quantitative estimate of drug-likeness (QED) is 0.738. The highest BCUT2D eigenvalue weighted by molar-refractivity contribution is 5.75. The van der Waals surface area contributed by atoms with E-state index in [2.05, 4.69) is 10.2 Å². The summed E-state index contributed by atoms with van der Waals surface area (Å²) >= 11 is 0. The third kappa shape index (κ3) is 5.77. The van der Waals surface area contributed by atoms with Crippen LogP contribution in [-0.2, 0) is 4.79 Å². The predicted octanol–water partition coefficient (Wildman–Crippen LogP) is 1.22. The zero-order chi connectivity index (χ0) is 15.0. The van der Waals surface area contributed by atoms with Crippen LogP contribution in [0.1, 0.15) is 33.1 Å². The zero-order valence-electron chi connectivity index (χ0n) is 12.6. The number of carboxylic acids is 1. The number of urea groups is 1. The van der Waals surface area contributed by atoms with Gasteiger partial charge in [0.2, 0.25) is 0 Å². The Balaban J connectivity index is 2.26. The Morgan fingerprint density at radius 3 is 2.50 bits per heavy atom. The van der Waals surface area contributed by atoms with Gasteiger partial charge in [0.25, 0.3) is 0 Å². The number of nitrogens with zero attached hydrogens (tertiary/aromatic N) is 2. The van der Waals surface area contributed by atoms with E-state index in [-0.39, 0.29) is 12.6 Å². The zero-order valence-corrected chi connectivity index (χ0v) is 12.6. The number of aliphatic carboxylic acids is 1. The minimum Gasteiger partial charge on any atom is -0.481 e. The van der Waals surface area contributed by atoms with E-state index in [0.29, 0.717) is 13.1 Å². The normalized spacial score (nSPS) is 17.5. The number of piperidine rings is 1. The number of hydrogen-bond acceptors (Lipinski definition) is 3. The van der Waals surface area contributed by atoms with Crippen LogP contribution in [0.5, 0.6) is 0 Å². The topological polar surface area (TPSA) is 72.9 Å². The van der Waals surface area contributed by atoms with Crippen molar-refractivity contribution in [2.75, 3.05) is 39.3 Å². The smallest absolute Gasteiger partial charge is 0.317 e. The van der Waals surface area contributed by atoms with Gasteiger partial charge in [-0.15, -0.1) is 0 Å². The molecule has 1 fully saturated rings. The Kier molecular flexibility index (Phi) is 7.36. The van der Waals surface area contributed by atoms with Crippen molar-refractivity contribution in [1.29, 1.82) is 0 Å². The summed E-state index contributed by atoms with van der Waals surface area (Å²) in [5.41, 5.74) is 0. The van der Waals surface area contributed by atoms with Gasteiger partial charge >= 0.3 is 12.0 Å². The fourth-order valence-corrected chi connectivity index (χ4v) is 2.38. The predicted molar refractivity (Wildman–Crippen MR) is 77.7 cm³/mol. The standard InChI is InChI=1S/C14H27N3O3/c1-3-17(11-12(2)13(18)19)14(20)15-7-10-16-8-5-4-6-9-16/h12H,3-11H2,1-2H3,(H,15,20)(H,18,19). The molecule has 0 aliphatic carbocycles. The molecule has 1 heterocycles. The van der Waals surface area contributed by atoms with Gasteiger partial charge in [-0.2, -0.15) is 0 Å². The molecule has 0 saturated carbocycles. The molecule has 1 unspecified atom stereocenters. The Hall–Kier alpha value is -1.30. The highest BCUT2D eigenvalue weighted by Gasteiger charge is 2.19. The van der Waals surface area contributed by atoms with E-state index in [1.54, 1.807) is 11.8 Å². The molecule has 6 nitrogen and oxygen atoms in total. The molecule has 0 bridgehead atoms. The van der Waals surface area contributed by atoms with Gasteiger partial charge in [0.15, 0.2) is 0 Å². The maximum absolute atomic E-state index is 12.0. The molecule has 20 heavy (non-hydrogen) atoms. The van der Waals surface area contributed by atoms with Crippen molar-refractivity contribution in [3.63, 3.8) is 0 Å². The number of nitrogens with one attached hydrogen (secondary N) is 1. The molecule has 0 radical (unpaired) electrons.